The van der Waals surface area contributed by atoms with Gasteiger partial charge in [0.15, 0.2) is 0 Å². The largest absolute Gasteiger partial charge is 0.389 e. The smallest absolute Gasteiger partial charge is 0.266 e. The number of aliphatic hydroxyl groups excluding tert-OH is 1. The number of aliphatic hydroxyl groups is 1. The van der Waals surface area contributed by atoms with Gasteiger partial charge in [0.1, 0.15) is 0 Å². The van der Waals surface area contributed by atoms with Crippen molar-refractivity contribution in [2.45, 2.75) is 13.0 Å². The summed E-state index contributed by atoms with van der Waals surface area (Å²) < 4.78 is 1.34. The standard InChI is InChI=1S/C26H26Cl2N6O2/c1-16(35)20-15-34(24-21(27)4-3-5-22(24)28)25(36)19-14-29-26(31-23(19)20)30-17-6-8-18(9-7-17)33-12-10-32(2)11-13-33/h3-9,14-16,35H,10-13H2,1-2H3,(H,29,30,31). The highest BCUT2D eigenvalue weighted by Gasteiger charge is 2.19. The van der Waals surface area contributed by atoms with Crippen LogP contribution in [0, 0.1) is 0 Å². The van der Waals surface area contributed by atoms with Crippen molar-refractivity contribution >= 4 is 51.4 Å². The highest BCUT2D eigenvalue weighted by atomic mass is 35.5. The van der Waals surface area contributed by atoms with Crippen LogP contribution in [-0.4, -0.2) is 57.8 Å². The second-order valence-electron chi connectivity index (χ2n) is 8.92. The number of likely N-dealkylation sites (N-methyl/N-ethyl adjacent to an activating group) is 1. The minimum Gasteiger partial charge on any atom is -0.389 e. The molecule has 2 N–H and O–H groups in total. The van der Waals surface area contributed by atoms with Crippen LogP contribution in [0.15, 0.2) is 59.7 Å². The lowest BCUT2D eigenvalue weighted by molar-refractivity contribution is 0.200. The first-order valence-corrected chi connectivity index (χ1v) is 12.4. The van der Waals surface area contributed by atoms with Gasteiger partial charge in [0.05, 0.1) is 32.7 Å². The van der Waals surface area contributed by atoms with Gasteiger partial charge < -0.3 is 20.2 Å². The van der Waals surface area contributed by atoms with E-state index in [0.717, 1.165) is 31.9 Å². The fourth-order valence-electron chi connectivity index (χ4n) is 4.35. The Morgan fingerprint density at radius 1 is 1.03 bits per heavy atom. The third kappa shape index (κ3) is 4.77. The summed E-state index contributed by atoms with van der Waals surface area (Å²) in [5, 5.41) is 14.6. The summed E-state index contributed by atoms with van der Waals surface area (Å²) >= 11 is 12.7. The normalized spacial score (nSPS) is 15.3. The Labute approximate surface area is 218 Å². The maximum absolute atomic E-state index is 13.3. The van der Waals surface area contributed by atoms with Gasteiger partial charge in [-0.3, -0.25) is 9.36 Å². The molecule has 36 heavy (non-hydrogen) atoms. The topological polar surface area (TPSA) is 86.5 Å². The number of aromatic nitrogens is 3. The molecule has 5 rings (SSSR count). The number of halogens is 2. The summed E-state index contributed by atoms with van der Waals surface area (Å²) in [7, 11) is 2.14. The number of anilines is 3. The lowest BCUT2D eigenvalue weighted by atomic mass is 10.1. The average Bonchev–Trinajstić information content (AvgIpc) is 2.86. The zero-order chi connectivity index (χ0) is 25.4. The molecule has 8 nitrogen and oxygen atoms in total. The lowest BCUT2D eigenvalue weighted by Crippen LogP contribution is -2.44. The number of fused-ring (bicyclic) bond motifs is 1. The van der Waals surface area contributed by atoms with Gasteiger partial charge in [0, 0.05) is 55.5 Å². The Bertz CT molecular complexity index is 1440. The summed E-state index contributed by atoms with van der Waals surface area (Å²) in [6, 6.07) is 13.1. The first kappa shape index (κ1) is 24.5. The van der Waals surface area contributed by atoms with Crippen molar-refractivity contribution < 1.29 is 5.11 Å². The first-order chi connectivity index (χ1) is 17.3. The van der Waals surface area contributed by atoms with Crippen LogP contribution in [0.1, 0.15) is 18.6 Å². The molecule has 10 heteroatoms. The molecular weight excluding hydrogens is 499 g/mol. The van der Waals surface area contributed by atoms with E-state index < -0.39 is 6.10 Å². The average molecular weight is 525 g/mol. The van der Waals surface area contributed by atoms with Crippen molar-refractivity contribution in [2.24, 2.45) is 0 Å². The number of para-hydroxylation sites is 1. The number of piperazine rings is 1. The molecule has 2 aromatic carbocycles. The summed E-state index contributed by atoms with van der Waals surface area (Å²) in [5.74, 6) is 0.324. The molecule has 1 fully saturated rings. The predicted octanol–water partition coefficient (Wildman–Crippen LogP) is 4.64. The van der Waals surface area contributed by atoms with Gasteiger partial charge in [0.2, 0.25) is 5.95 Å². The molecule has 0 amide bonds. The summed E-state index contributed by atoms with van der Waals surface area (Å²) in [4.78, 5) is 27.0. The highest BCUT2D eigenvalue weighted by molar-refractivity contribution is 6.37. The molecule has 2 aromatic heterocycles. The van der Waals surface area contributed by atoms with E-state index >= 15 is 0 Å². The Balaban J connectivity index is 1.48. The molecular formula is C26H26Cl2N6O2. The summed E-state index contributed by atoms with van der Waals surface area (Å²) in [6.45, 7) is 5.69. The molecule has 186 valence electrons. The fourth-order valence-corrected chi connectivity index (χ4v) is 4.93. The molecule has 0 spiro atoms. The van der Waals surface area contributed by atoms with Gasteiger partial charge >= 0.3 is 0 Å². The van der Waals surface area contributed by atoms with E-state index in [0.29, 0.717) is 32.8 Å². The quantitative estimate of drug-likeness (QED) is 0.393. The Morgan fingerprint density at radius 2 is 1.69 bits per heavy atom. The Hall–Kier alpha value is -3.17. The number of benzene rings is 2. The zero-order valence-corrected chi connectivity index (χ0v) is 21.5. The number of nitrogens with zero attached hydrogens (tertiary/aromatic N) is 5. The summed E-state index contributed by atoms with van der Waals surface area (Å²) in [5.41, 5.74) is 2.77. The lowest BCUT2D eigenvalue weighted by Gasteiger charge is -2.34. The van der Waals surface area contributed by atoms with Gasteiger partial charge in [-0.1, -0.05) is 29.3 Å². The molecule has 0 bridgehead atoms. The molecule has 3 heterocycles. The van der Waals surface area contributed by atoms with E-state index in [4.69, 9.17) is 23.2 Å². The second kappa shape index (κ2) is 10.1. The van der Waals surface area contributed by atoms with E-state index in [-0.39, 0.29) is 10.9 Å². The maximum Gasteiger partial charge on any atom is 0.266 e. The van der Waals surface area contributed by atoms with Crippen molar-refractivity contribution in [3.8, 4) is 5.69 Å². The van der Waals surface area contributed by atoms with E-state index in [9.17, 15) is 9.90 Å². The molecule has 1 unspecified atom stereocenters. The summed E-state index contributed by atoms with van der Waals surface area (Å²) in [6.07, 6.45) is 2.09. The Kier molecular flexibility index (Phi) is 6.85. The minimum absolute atomic E-state index is 0.250. The van der Waals surface area contributed by atoms with Crippen LogP contribution in [0.25, 0.3) is 16.6 Å². The number of hydrogen-bond acceptors (Lipinski definition) is 7. The van der Waals surface area contributed by atoms with Crippen molar-refractivity contribution in [3.05, 3.63) is 80.8 Å². The molecule has 4 aromatic rings. The van der Waals surface area contributed by atoms with Crippen molar-refractivity contribution in [2.75, 3.05) is 43.4 Å². The second-order valence-corrected chi connectivity index (χ2v) is 9.74. The first-order valence-electron chi connectivity index (χ1n) is 11.7. The molecule has 0 radical (unpaired) electrons. The van der Waals surface area contributed by atoms with E-state index in [1.165, 1.54) is 22.6 Å². The van der Waals surface area contributed by atoms with Gasteiger partial charge in [0.25, 0.3) is 5.56 Å². The van der Waals surface area contributed by atoms with Gasteiger partial charge in [-0.2, -0.15) is 0 Å². The molecule has 1 aliphatic rings. The molecule has 1 aliphatic heterocycles. The van der Waals surface area contributed by atoms with Crippen LogP contribution < -0.4 is 15.8 Å². The van der Waals surface area contributed by atoms with Crippen LogP contribution in [0.2, 0.25) is 10.0 Å². The third-order valence-electron chi connectivity index (χ3n) is 6.40. The molecule has 0 saturated carbocycles. The molecule has 1 saturated heterocycles. The van der Waals surface area contributed by atoms with Crippen molar-refractivity contribution in [1.82, 2.24) is 19.4 Å². The van der Waals surface area contributed by atoms with Gasteiger partial charge in [-0.15, -0.1) is 0 Å². The number of pyridine rings is 1. The van der Waals surface area contributed by atoms with Crippen LogP contribution in [0.3, 0.4) is 0 Å². The number of nitrogens with one attached hydrogen (secondary N) is 1. The Morgan fingerprint density at radius 3 is 2.33 bits per heavy atom. The fraction of sp³-hybridized carbons (Fsp3) is 0.269. The van der Waals surface area contributed by atoms with Crippen molar-refractivity contribution in [1.29, 1.82) is 0 Å². The van der Waals surface area contributed by atoms with E-state index in [1.54, 1.807) is 25.1 Å². The van der Waals surface area contributed by atoms with Crippen LogP contribution in [0.5, 0.6) is 0 Å². The van der Waals surface area contributed by atoms with Crippen LogP contribution in [0.4, 0.5) is 17.3 Å². The molecule has 0 aliphatic carbocycles. The number of hydrogen-bond donors (Lipinski definition) is 2. The predicted molar refractivity (Wildman–Crippen MR) is 145 cm³/mol. The third-order valence-corrected chi connectivity index (χ3v) is 7.01. The monoisotopic (exact) mass is 524 g/mol. The maximum atomic E-state index is 13.3. The molecule has 1 atom stereocenters. The van der Waals surface area contributed by atoms with Gasteiger partial charge in [-0.05, 0) is 50.4 Å². The highest BCUT2D eigenvalue weighted by Crippen LogP contribution is 2.30. The number of rotatable bonds is 5. The SMILES string of the molecule is CC(O)c1cn(-c2c(Cl)cccc2Cl)c(=O)c2cnc(Nc3ccc(N4CCN(C)CC4)cc3)nc12. The van der Waals surface area contributed by atoms with Crippen LogP contribution >= 0.6 is 23.2 Å². The van der Waals surface area contributed by atoms with Crippen LogP contribution in [-0.2, 0) is 0 Å². The zero-order valence-electron chi connectivity index (χ0n) is 19.9. The minimum atomic E-state index is -0.897. The van der Waals surface area contributed by atoms with E-state index in [2.05, 4.69) is 44.3 Å². The van der Waals surface area contributed by atoms with E-state index in [1.807, 2.05) is 12.1 Å². The van der Waals surface area contributed by atoms with Gasteiger partial charge in [-0.25, -0.2) is 9.97 Å². The van der Waals surface area contributed by atoms with Crippen molar-refractivity contribution in [3.63, 3.8) is 0 Å².